The number of halogens is 1. The Balaban J connectivity index is 2.26. The molecule has 2 rings (SSSR count). The van der Waals surface area contributed by atoms with Gasteiger partial charge < -0.3 is 25.2 Å². The lowest BCUT2D eigenvalue weighted by atomic mass is 10.0. The lowest BCUT2D eigenvalue weighted by Gasteiger charge is -2.36. The molecule has 4 N–H and O–H groups in total. The van der Waals surface area contributed by atoms with Crippen molar-refractivity contribution in [1.82, 2.24) is 21.1 Å². The average molecular weight is 713 g/mol. The smallest absolute Gasteiger partial charge is 0.408 e. The minimum absolute atomic E-state index is 0.0190. The average Bonchev–Trinajstić information content (AvgIpc) is 2.93. The van der Waals surface area contributed by atoms with E-state index in [1.54, 1.807) is 52.8 Å². The number of phenolic OH excluding ortho intramolecular Hbond substituents is 1. The molecule has 43 heavy (non-hydrogen) atoms. The number of esters is 1. The molecule has 0 bridgehead atoms. The molecule has 11 nitrogen and oxygen atoms in total. The lowest BCUT2D eigenvalue weighted by Crippen LogP contribution is -2.62. The summed E-state index contributed by atoms with van der Waals surface area (Å²) < 4.78 is 12.9. The van der Waals surface area contributed by atoms with Gasteiger partial charge in [-0.1, -0.05) is 54.6 Å². The number of aromatic hydroxyl groups is 1. The van der Waals surface area contributed by atoms with Crippen LogP contribution in [-0.2, 0) is 30.3 Å². The van der Waals surface area contributed by atoms with Gasteiger partial charge in [-0.25, -0.2) is 10.2 Å². The molecule has 1 aromatic carbocycles. The van der Waals surface area contributed by atoms with Crippen LogP contribution >= 0.6 is 22.6 Å². The molecule has 12 heteroatoms. The Morgan fingerprint density at radius 3 is 2.51 bits per heavy atom. The topological polar surface area (TPSA) is 146 Å². The zero-order valence-corrected chi connectivity index (χ0v) is 28.0. The summed E-state index contributed by atoms with van der Waals surface area (Å²) in [5.74, 6) is -1.83. The van der Waals surface area contributed by atoms with Gasteiger partial charge >= 0.3 is 12.1 Å². The van der Waals surface area contributed by atoms with Crippen LogP contribution in [-0.4, -0.2) is 70.4 Å². The number of benzene rings is 1. The highest BCUT2D eigenvalue weighted by molar-refractivity contribution is 14.1. The van der Waals surface area contributed by atoms with Crippen LogP contribution in [0.3, 0.4) is 0 Å². The van der Waals surface area contributed by atoms with Crippen molar-refractivity contribution in [3.8, 4) is 5.75 Å². The van der Waals surface area contributed by atoms with E-state index in [1.807, 2.05) is 11.0 Å². The first-order chi connectivity index (χ1) is 20.1. The van der Waals surface area contributed by atoms with Crippen molar-refractivity contribution in [2.75, 3.05) is 6.54 Å². The molecule has 1 aliphatic heterocycles. The van der Waals surface area contributed by atoms with Gasteiger partial charge in [0.05, 0.1) is 0 Å². The van der Waals surface area contributed by atoms with Crippen molar-refractivity contribution in [2.45, 2.75) is 97.1 Å². The van der Waals surface area contributed by atoms with Gasteiger partial charge in [-0.3, -0.25) is 19.4 Å². The first-order valence-electron chi connectivity index (χ1n) is 14.4. The molecule has 4 atom stereocenters. The first kappa shape index (κ1) is 36.1. The Hall–Kier alpha value is -3.13. The van der Waals surface area contributed by atoms with E-state index >= 15 is 0 Å². The van der Waals surface area contributed by atoms with Crippen LogP contribution < -0.4 is 16.1 Å². The minimum Gasteiger partial charge on any atom is -0.508 e. The Bertz CT molecular complexity index is 1180. The number of rotatable bonds is 12. The normalized spacial score (nSPS) is 17.8. The third-order valence-electron chi connectivity index (χ3n) is 6.64. The van der Waals surface area contributed by atoms with Gasteiger partial charge in [-0.15, -0.1) is 6.58 Å². The number of carbonyl (C=O) groups is 4. The zero-order chi connectivity index (χ0) is 32.3. The van der Waals surface area contributed by atoms with Gasteiger partial charge in [0.25, 0.3) is 5.91 Å². The molecular weight excluding hydrogens is 667 g/mol. The number of amides is 3. The largest absolute Gasteiger partial charge is 0.508 e. The summed E-state index contributed by atoms with van der Waals surface area (Å²) in [6.07, 6.45) is 1.99. The summed E-state index contributed by atoms with van der Waals surface area (Å²) >= 11 is 2.09. The molecule has 1 aliphatic rings. The van der Waals surface area contributed by atoms with Crippen molar-refractivity contribution in [1.29, 1.82) is 0 Å². The van der Waals surface area contributed by atoms with Crippen LogP contribution in [0.5, 0.6) is 5.75 Å². The van der Waals surface area contributed by atoms with Gasteiger partial charge in [0.2, 0.25) is 5.91 Å². The summed E-state index contributed by atoms with van der Waals surface area (Å²) in [5, 5.41) is 16.7. The molecule has 0 radical (unpaired) electrons. The molecule has 1 fully saturated rings. The van der Waals surface area contributed by atoms with Crippen LogP contribution in [0.2, 0.25) is 0 Å². The minimum atomic E-state index is -1.07. The molecule has 0 saturated carbocycles. The standard InChI is InChI=1S/C31H45IN4O7/c1-8-11-25(20(4)18-32)42-29(40)23-14-10-15-36(35-23)28(39)24(17-21-12-9-13-22(37)16-21)33-27(38)26(19(2)3)34-30(41)43-31(5,6)7/h8-9,12-13,16,18-19,23-26,35,37H,1,10-11,14-15,17H2,2-7H3,(H,33,38)(H,34,41)/b20-18+/t23-,24-,25-,26-/m0/s1. The van der Waals surface area contributed by atoms with Crippen LogP contribution in [0, 0.1) is 5.92 Å². The number of alkyl carbamates (subject to hydrolysis) is 1. The van der Waals surface area contributed by atoms with E-state index in [2.05, 4.69) is 45.2 Å². The van der Waals surface area contributed by atoms with Crippen LogP contribution in [0.15, 0.2) is 46.6 Å². The summed E-state index contributed by atoms with van der Waals surface area (Å²) in [5.41, 5.74) is 3.72. The number of hydrogen-bond acceptors (Lipinski definition) is 8. The van der Waals surface area contributed by atoms with E-state index < -0.39 is 53.7 Å². The fourth-order valence-electron chi connectivity index (χ4n) is 4.42. The van der Waals surface area contributed by atoms with E-state index in [0.717, 1.165) is 5.57 Å². The van der Waals surface area contributed by atoms with E-state index in [4.69, 9.17) is 9.47 Å². The number of nitrogens with one attached hydrogen (secondary N) is 3. The monoisotopic (exact) mass is 712 g/mol. The van der Waals surface area contributed by atoms with Gasteiger partial charge in [0, 0.05) is 19.4 Å². The molecule has 0 spiro atoms. The molecular formula is C31H45IN4O7. The molecule has 3 amide bonds. The number of nitrogens with zero attached hydrogens (tertiary/aromatic N) is 1. The van der Waals surface area contributed by atoms with Crippen LogP contribution in [0.4, 0.5) is 4.79 Å². The third kappa shape index (κ3) is 11.8. The molecule has 1 saturated heterocycles. The summed E-state index contributed by atoms with van der Waals surface area (Å²) in [4.78, 5) is 52.9. The number of hydrogen-bond donors (Lipinski definition) is 4. The third-order valence-corrected chi connectivity index (χ3v) is 7.62. The van der Waals surface area contributed by atoms with E-state index in [0.29, 0.717) is 31.4 Å². The second-order valence-electron chi connectivity index (χ2n) is 11.9. The van der Waals surface area contributed by atoms with Gasteiger partial charge in [0.1, 0.15) is 35.6 Å². The number of phenols is 1. The van der Waals surface area contributed by atoms with E-state index in [1.165, 1.54) is 17.1 Å². The highest BCUT2D eigenvalue weighted by atomic mass is 127. The summed E-state index contributed by atoms with van der Waals surface area (Å²) in [6.45, 7) is 14.6. The molecule has 238 valence electrons. The van der Waals surface area contributed by atoms with Crippen molar-refractivity contribution in [2.24, 2.45) is 5.92 Å². The predicted molar refractivity (Wildman–Crippen MR) is 172 cm³/mol. The van der Waals surface area contributed by atoms with Crippen LogP contribution in [0.1, 0.15) is 66.4 Å². The molecule has 1 heterocycles. The maximum absolute atomic E-state index is 13.9. The zero-order valence-electron chi connectivity index (χ0n) is 25.8. The van der Waals surface area contributed by atoms with Crippen molar-refractivity contribution < 1.29 is 33.8 Å². The van der Waals surface area contributed by atoms with Gasteiger partial charge in [0.15, 0.2) is 0 Å². The van der Waals surface area contributed by atoms with E-state index in [9.17, 15) is 24.3 Å². The van der Waals surface area contributed by atoms with E-state index in [-0.39, 0.29) is 18.1 Å². The van der Waals surface area contributed by atoms with Crippen LogP contribution in [0.25, 0.3) is 0 Å². The Labute approximate surface area is 267 Å². The Morgan fingerprint density at radius 1 is 1.23 bits per heavy atom. The molecule has 0 aliphatic carbocycles. The van der Waals surface area contributed by atoms with Crippen molar-refractivity contribution in [3.63, 3.8) is 0 Å². The van der Waals surface area contributed by atoms with Gasteiger partial charge in [-0.05, 0) is 73.8 Å². The Kier molecular flexibility index (Phi) is 14.0. The molecule has 0 aromatic heterocycles. The second kappa shape index (κ2) is 16.6. The number of carbonyl (C=O) groups excluding carboxylic acids is 4. The first-order valence-corrected chi connectivity index (χ1v) is 15.6. The second-order valence-corrected chi connectivity index (χ2v) is 12.5. The van der Waals surface area contributed by atoms with Crippen molar-refractivity contribution >= 4 is 46.5 Å². The quantitative estimate of drug-likeness (QED) is 0.143. The fraction of sp³-hybridized carbons (Fsp3) is 0.548. The molecule has 1 aromatic rings. The lowest BCUT2D eigenvalue weighted by molar-refractivity contribution is -0.156. The number of hydrazine groups is 1. The SMILES string of the molecule is C=CC[C@H](OC(=O)[C@@H]1CCCN(C(=O)[C@H](Cc2cccc(O)c2)NC(=O)[C@@H](NC(=O)OC(C)(C)C)C(C)C)N1)/C(C)=C/I. The molecule has 0 unspecified atom stereocenters. The van der Waals surface area contributed by atoms with Gasteiger partial charge in [-0.2, -0.15) is 0 Å². The number of ether oxygens (including phenoxy) is 2. The summed E-state index contributed by atoms with van der Waals surface area (Å²) in [7, 11) is 0. The maximum Gasteiger partial charge on any atom is 0.408 e. The summed E-state index contributed by atoms with van der Waals surface area (Å²) in [6, 6.07) is 3.58. The predicted octanol–water partition coefficient (Wildman–Crippen LogP) is 4.29. The highest BCUT2D eigenvalue weighted by Crippen LogP contribution is 2.19. The van der Waals surface area contributed by atoms with Crippen molar-refractivity contribution in [3.05, 3.63) is 52.1 Å². The maximum atomic E-state index is 13.9. The Morgan fingerprint density at radius 2 is 1.93 bits per heavy atom. The highest BCUT2D eigenvalue weighted by Gasteiger charge is 2.36. The fourth-order valence-corrected chi connectivity index (χ4v) is 4.83.